The van der Waals surface area contributed by atoms with Crippen molar-refractivity contribution in [2.24, 2.45) is 0 Å². The van der Waals surface area contributed by atoms with Crippen LogP contribution in [0.2, 0.25) is 20.1 Å². The number of nitrogens with one attached hydrogen (secondary N) is 7. The molecular formula is C86H72Cl4N12O15S4. The molecule has 35 heteroatoms. The zero-order valence-electron chi connectivity index (χ0n) is 64.0. The Labute approximate surface area is 716 Å². The van der Waals surface area contributed by atoms with Crippen LogP contribution in [0.25, 0.3) is 10.8 Å². The van der Waals surface area contributed by atoms with Crippen LogP contribution in [0.3, 0.4) is 0 Å². The highest BCUT2D eigenvalue weighted by molar-refractivity contribution is 7.95. The molecule has 1 aromatic heterocycles. The number of carbonyl (C=O) groups excluding carboxylic acids is 7. The average Bonchev–Trinajstić information content (AvgIpc) is 0.804. The molecule has 5 heterocycles. The molecule has 0 radical (unpaired) electrons. The lowest BCUT2D eigenvalue weighted by Gasteiger charge is -2.32. The molecule has 4 aliphatic heterocycles. The van der Waals surface area contributed by atoms with Gasteiger partial charge in [0, 0.05) is 105 Å². The third-order valence-corrected chi connectivity index (χ3v) is 27.6. The van der Waals surface area contributed by atoms with Crippen LogP contribution in [0.5, 0.6) is 0 Å². The van der Waals surface area contributed by atoms with Gasteiger partial charge >= 0.3 is 0 Å². The normalized spacial score (nSPS) is 14.6. The van der Waals surface area contributed by atoms with Gasteiger partial charge in [0.15, 0.2) is 0 Å². The molecule has 0 atom stereocenters. The summed E-state index contributed by atoms with van der Waals surface area (Å²) in [6.45, 7) is 5.74. The minimum atomic E-state index is -3.22. The zero-order chi connectivity index (χ0) is 86.1. The van der Waals surface area contributed by atoms with Crippen molar-refractivity contribution < 1.29 is 67.2 Å². The quantitative estimate of drug-likeness (QED) is 0.0420. The van der Waals surface area contributed by atoms with Crippen molar-refractivity contribution >= 4 is 201 Å². The molecular weight excluding hydrogens is 1710 g/mol. The SMILES string of the molecule is Cc1cccc(C(=O)Nc2cc(NC(=O)c3ccc(N4CCS4(=O)=O)cc3)ccc2Cl)c1.Cc1cccc2c(NC(=O)c3ccc(N4CCS4(=O)=O)cc3)cccc12.O=C(Nc1ccc(Cl)c(NC(=O)c2cccc(Cl)c2)c1)c1ccc(N2CCS2(=O)=O)cc1.O=C(Nc1ccc(Cl)c(NC(=O)c2cccnc2)c1)c1ccc(N2CCS2(=O)=O)cc1. The predicted molar refractivity (Wildman–Crippen MR) is 476 cm³/mol. The second-order valence-corrected chi connectivity index (χ2v) is 37.3. The van der Waals surface area contributed by atoms with Gasteiger partial charge in [-0.05, 0) is 225 Å². The topological polar surface area (TPSA) is 366 Å². The third-order valence-electron chi connectivity index (χ3n) is 19.3. The maximum Gasteiger partial charge on any atom is 0.257 e. The standard InChI is InChI=1S/C23H20ClN3O4S.C22H17Cl2N3O4S.C21H17ClN4O4S.C20H18N2O3S/c1-15-3-2-4-17(13-15)23(29)26-21-14-18(7-10-20(21)24)25-22(28)16-5-8-19(9-6-16)27-11-12-32(27,30)31;23-16-3-1-2-15(12-16)22(29)26-20-13-17(6-9-19(20)24)25-21(28)14-4-7-18(8-5-14)27-10-11-32(27,30)31;22-18-8-5-16(12-19(18)25-21(28)15-2-1-9-23-13-15)24-20(27)14-3-6-17(7-4-14)26-10-11-31(26,29)30;1-14-4-2-6-18-17(14)5-3-7-19(18)21-20(23)15-8-10-16(11-9-15)22-12-13-26(22,24)25/h2-10,13-14H,11-12H2,1H3,(H,25,28)(H,26,29);1-9,12-13H,10-11H2,(H,25,28)(H,26,29);1-9,12-13H,10-11H2,(H,24,27)(H,25,28);2-11H,12-13H2,1H3,(H,21,23). The predicted octanol–water partition coefficient (Wildman–Crippen LogP) is 15.9. The lowest BCUT2D eigenvalue weighted by Crippen LogP contribution is -2.47. The number of hydrogen-bond acceptors (Lipinski definition) is 16. The number of halogens is 4. The lowest BCUT2D eigenvalue weighted by atomic mass is 10.0. The smallest absolute Gasteiger partial charge is 0.257 e. The van der Waals surface area contributed by atoms with Crippen LogP contribution in [0.4, 0.5) is 62.6 Å². The van der Waals surface area contributed by atoms with E-state index < -0.39 is 51.9 Å². The Hall–Kier alpha value is -12.7. The molecule has 11 aromatic carbocycles. The molecule has 4 aliphatic rings. The Morgan fingerprint density at radius 3 is 0.950 bits per heavy atom. The number of nitrogens with zero attached hydrogens (tertiary/aromatic N) is 5. The summed E-state index contributed by atoms with van der Waals surface area (Å²) < 4.78 is 98.9. The minimum Gasteiger partial charge on any atom is -0.322 e. The summed E-state index contributed by atoms with van der Waals surface area (Å²) in [5.74, 6) is -1.89. The van der Waals surface area contributed by atoms with E-state index in [1.165, 1.54) is 29.5 Å². The van der Waals surface area contributed by atoms with Gasteiger partial charge < -0.3 is 37.2 Å². The van der Waals surface area contributed by atoms with E-state index in [4.69, 9.17) is 46.4 Å². The molecule has 4 saturated heterocycles. The number of hydrogen-bond donors (Lipinski definition) is 7. The Bertz CT molecular complexity index is 6340. The number of amides is 7. The second-order valence-electron chi connectivity index (χ2n) is 27.6. The lowest BCUT2D eigenvalue weighted by molar-refractivity contribution is 0.101. The molecule has 7 amide bonds. The maximum absolute atomic E-state index is 12.6. The Kier molecular flexibility index (Phi) is 26.3. The maximum atomic E-state index is 12.6. The van der Waals surface area contributed by atoms with Crippen molar-refractivity contribution in [3.8, 4) is 0 Å². The summed E-state index contributed by atoms with van der Waals surface area (Å²) in [5.41, 5.74) is 10.2. The van der Waals surface area contributed by atoms with Crippen molar-refractivity contribution in [2.45, 2.75) is 13.8 Å². The second kappa shape index (κ2) is 36.9. The van der Waals surface area contributed by atoms with Crippen molar-refractivity contribution in [3.05, 3.63) is 331 Å². The Morgan fingerprint density at radius 1 is 0.298 bits per heavy atom. The summed E-state index contributed by atoms with van der Waals surface area (Å²) in [4.78, 5) is 91.6. The molecule has 0 bridgehead atoms. The van der Waals surface area contributed by atoms with Gasteiger partial charge in [0.25, 0.3) is 41.4 Å². The zero-order valence-corrected chi connectivity index (χ0v) is 70.3. The Morgan fingerprint density at radius 2 is 0.612 bits per heavy atom. The average molecular weight is 1780 g/mol. The minimum absolute atomic E-state index is 0.127. The monoisotopic (exact) mass is 1780 g/mol. The number of pyridine rings is 1. The van der Waals surface area contributed by atoms with Crippen molar-refractivity contribution in [2.75, 3.05) is 104 Å². The first-order valence-corrected chi connectivity index (χ1v) is 44.9. The highest BCUT2D eigenvalue weighted by Crippen LogP contribution is 2.35. The van der Waals surface area contributed by atoms with E-state index in [0.29, 0.717) is 142 Å². The molecule has 0 saturated carbocycles. The van der Waals surface area contributed by atoms with Crippen LogP contribution < -0.4 is 54.4 Å². The fourth-order valence-electron chi connectivity index (χ4n) is 12.6. The van der Waals surface area contributed by atoms with Gasteiger partial charge in [-0.25, -0.2) is 33.7 Å². The number of aromatic nitrogens is 1. The van der Waals surface area contributed by atoms with Crippen LogP contribution in [-0.4, -0.2) is 129 Å². The van der Waals surface area contributed by atoms with E-state index in [0.717, 1.165) is 27.6 Å². The van der Waals surface area contributed by atoms with Gasteiger partial charge in [-0.3, -0.25) is 55.8 Å². The van der Waals surface area contributed by atoms with Crippen LogP contribution in [0.15, 0.2) is 261 Å². The van der Waals surface area contributed by atoms with Crippen LogP contribution in [0.1, 0.15) is 83.6 Å². The highest BCUT2D eigenvalue weighted by Gasteiger charge is 2.36. The molecule has 121 heavy (non-hydrogen) atoms. The number of carbonyl (C=O) groups is 7. The van der Waals surface area contributed by atoms with E-state index >= 15 is 0 Å². The molecule has 0 unspecified atom stereocenters. The summed E-state index contributed by atoms with van der Waals surface area (Å²) in [6, 6.07) is 68.5. The molecule has 16 rings (SSSR count). The van der Waals surface area contributed by atoms with E-state index in [2.05, 4.69) is 42.2 Å². The number of aryl methyl sites for hydroxylation is 2. The molecule has 618 valence electrons. The highest BCUT2D eigenvalue weighted by atomic mass is 35.5. The summed E-state index contributed by atoms with van der Waals surface area (Å²) in [6.07, 6.45) is 3.00. The number of fused-ring (bicyclic) bond motifs is 1. The number of anilines is 11. The largest absolute Gasteiger partial charge is 0.322 e. The van der Waals surface area contributed by atoms with E-state index in [1.807, 2.05) is 56.3 Å². The number of rotatable bonds is 18. The first-order chi connectivity index (χ1) is 57.7. The van der Waals surface area contributed by atoms with E-state index in [-0.39, 0.29) is 52.5 Å². The molecule has 27 nitrogen and oxygen atoms in total. The van der Waals surface area contributed by atoms with Gasteiger partial charge in [0.2, 0.25) is 40.1 Å². The number of sulfonamides is 4. The van der Waals surface area contributed by atoms with E-state index in [9.17, 15) is 67.2 Å². The first kappa shape index (κ1) is 86.1. The molecule has 0 aliphatic carbocycles. The fraction of sp³-hybridized carbons (Fsp3) is 0.116. The van der Waals surface area contributed by atoms with Gasteiger partial charge in [-0.1, -0.05) is 100 Å². The van der Waals surface area contributed by atoms with Gasteiger partial charge in [-0.15, -0.1) is 0 Å². The Balaban J connectivity index is 0.000000140. The van der Waals surface area contributed by atoms with Crippen molar-refractivity contribution in [1.29, 1.82) is 0 Å². The van der Waals surface area contributed by atoms with Crippen LogP contribution in [0, 0.1) is 13.8 Å². The summed E-state index contributed by atoms with van der Waals surface area (Å²) in [5, 5.41) is 22.8. The van der Waals surface area contributed by atoms with Gasteiger partial charge in [-0.2, -0.15) is 0 Å². The fourth-order valence-corrected chi connectivity index (χ4v) is 17.7. The molecule has 12 aromatic rings. The van der Waals surface area contributed by atoms with Gasteiger partial charge in [0.05, 0.1) is 83.5 Å². The van der Waals surface area contributed by atoms with Crippen molar-refractivity contribution in [3.63, 3.8) is 0 Å². The summed E-state index contributed by atoms with van der Waals surface area (Å²) in [7, 11) is -12.8. The molecule has 4 fully saturated rings. The first-order valence-electron chi connectivity index (χ1n) is 37.0. The van der Waals surface area contributed by atoms with Crippen LogP contribution in [-0.2, 0) is 40.1 Å². The number of benzene rings is 11. The molecule has 7 N–H and O–H groups in total. The van der Waals surface area contributed by atoms with Crippen LogP contribution >= 0.6 is 46.4 Å². The summed E-state index contributed by atoms with van der Waals surface area (Å²) >= 11 is 24.5. The third kappa shape index (κ3) is 20.9. The van der Waals surface area contributed by atoms with Gasteiger partial charge in [0.1, 0.15) is 0 Å². The van der Waals surface area contributed by atoms with Crippen molar-refractivity contribution in [1.82, 2.24) is 4.98 Å². The molecule has 0 spiro atoms. The van der Waals surface area contributed by atoms with E-state index in [1.54, 1.807) is 206 Å².